The summed E-state index contributed by atoms with van der Waals surface area (Å²) < 4.78 is 2.24. The Morgan fingerprint density at radius 2 is 2.25 bits per heavy atom. The summed E-state index contributed by atoms with van der Waals surface area (Å²) in [7, 11) is 4.19. The summed E-state index contributed by atoms with van der Waals surface area (Å²) in [5, 5.41) is 0. The van der Waals surface area contributed by atoms with Crippen molar-refractivity contribution in [2.45, 2.75) is 12.8 Å². The first kappa shape index (κ1) is 10.3. The molecule has 0 saturated carbocycles. The van der Waals surface area contributed by atoms with Crippen molar-refractivity contribution in [3.05, 3.63) is 0 Å². The van der Waals surface area contributed by atoms with Gasteiger partial charge in [0.2, 0.25) is 0 Å². The first-order valence-electron chi connectivity index (χ1n) is 4.30. The van der Waals surface area contributed by atoms with Crippen molar-refractivity contribution in [2.24, 2.45) is 5.92 Å². The fraction of sp³-hybridized carbons (Fsp3) is 0.778. The van der Waals surface area contributed by atoms with Crippen LogP contribution in [0, 0.1) is 18.3 Å². The molecule has 3 heteroatoms. The van der Waals surface area contributed by atoms with Crippen LogP contribution in [0.5, 0.6) is 0 Å². The van der Waals surface area contributed by atoms with Crippen molar-refractivity contribution in [2.75, 3.05) is 26.4 Å². The number of terminal acetylenes is 1. The van der Waals surface area contributed by atoms with Gasteiger partial charge in [-0.25, -0.2) is 0 Å². The smallest absolute Gasteiger partial charge is 0.0258 e. The molecule has 1 aliphatic rings. The molecule has 2 unspecified atom stereocenters. The summed E-state index contributed by atoms with van der Waals surface area (Å²) in [6.07, 6.45) is 8.91. The zero-order chi connectivity index (χ0) is 9.19. The Labute approximate surface area is 80.6 Å². The molecule has 68 valence electrons. The molecule has 0 aliphatic carbocycles. The van der Waals surface area contributed by atoms with Crippen molar-refractivity contribution in [1.82, 2.24) is 4.67 Å². The van der Waals surface area contributed by atoms with Crippen LogP contribution in [0.1, 0.15) is 12.8 Å². The van der Waals surface area contributed by atoms with Gasteiger partial charge in [-0.15, -0.1) is 12.3 Å². The van der Waals surface area contributed by atoms with Gasteiger partial charge in [0.1, 0.15) is 0 Å². The lowest BCUT2D eigenvalue weighted by atomic mass is 10.1. The quantitative estimate of drug-likeness (QED) is 0.471. The van der Waals surface area contributed by atoms with Crippen molar-refractivity contribution in [1.29, 1.82) is 0 Å². The summed E-state index contributed by atoms with van der Waals surface area (Å²) >= 11 is 5.66. The van der Waals surface area contributed by atoms with Gasteiger partial charge in [-0.2, -0.15) is 0 Å². The normalized spacial score (nSPS) is 36.3. The van der Waals surface area contributed by atoms with Crippen LogP contribution >= 0.6 is 6.19 Å². The summed E-state index contributed by atoms with van der Waals surface area (Å²) in [6.45, 7) is 0. The minimum atomic E-state index is -1.23. The van der Waals surface area contributed by atoms with E-state index in [1.807, 2.05) is 0 Å². The van der Waals surface area contributed by atoms with Gasteiger partial charge in [-0.05, 0) is 33.1 Å². The molecule has 1 aliphatic heterocycles. The van der Waals surface area contributed by atoms with Gasteiger partial charge in [0, 0.05) is 18.3 Å². The highest BCUT2D eigenvalue weighted by molar-refractivity contribution is 8.13. The average molecular weight is 201 g/mol. The van der Waals surface area contributed by atoms with E-state index in [1.54, 1.807) is 0 Å². The first-order valence-corrected chi connectivity index (χ1v) is 7.43. The van der Waals surface area contributed by atoms with Crippen LogP contribution in [-0.4, -0.2) is 31.1 Å². The fourth-order valence-electron chi connectivity index (χ4n) is 1.61. The van der Waals surface area contributed by atoms with Crippen LogP contribution in [0.25, 0.3) is 0 Å². The van der Waals surface area contributed by atoms with Crippen LogP contribution in [0.4, 0.5) is 0 Å². The molecule has 1 nitrogen and oxygen atoms in total. The molecule has 0 aromatic rings. The lowest BCUT2D eigenvalue weighted by Crippen LogP contribution is -2.22. The third kappa shape index (κ3) is 2.10. The lowest BCUT2D eigenvalue weighted by Gasteiger charge is -2.35. The Morgan fingerprint density at radius 3 is 2.75 bits per heavy atom. The number of rotatable bonds is 1. The number of nitrogens with zero attached hydrogens (tertiary/aromatic N) is 1. The minimum Gasteiger partial charge on any atom is -0.281 e. The molecule has 1 rings (SSSR count). The van der Waals surface area contributed by atoms with E-state index < -0.39 is 6.19 Å². The molecule has 0 bridgehead atoms. The van der Waals surface area contributed by atoms with Crippen molar-refractivity contribution in [3.63, 3.8) is 0 Å². The molecule has 0 spiro atoms. The van der Waals surface area contributed by atoms with Crippen LogP contribution in [0.2, 0.25) is 0 Å². The second kappa shape index (κ2) is 3.92. The van der Waals surface area contributed by atoms with E-state index in [0.717, 1.165) is 6.16 Å². The van der Waals surface area contributed by atoms with Crippen molar-refractivity contribution < 1.29 is 0 Å². The van der Waals surface area contributed by atoms with Gasteiger partial charge in [0.05, 0.1) is 0 Å². The van der Waals surface area contributed by atoms with Gasteiger partial charge in [0.15, 0.2) is 0 Å². The molecular weight excluding hydrogens is 185 g/mol. The van der Waals surface area contributed by atoms with Gasteiger partial charge < -0.3 is 0 Å². The zero-order valence-electron chi connectivity index (χ0n) is 7.79. The van der Waals surface area contributed by atoms with Crippen LogP contribution in [-0.2, 0) is 11.8 Å². The van der Waals surface area contributed by atoms with Crippen LogP contribution in [0.3, 0.4) is 0 Å². The van der Waals surface area contributed by atoms with Gasteiger partial charge in [0.25, 0.3) is 0 Å². The second-order valence-electron chi connectivity index (χ2n) is 3.61. The predicted molar refractivity (Wildman–Crippen MR) is 59.3 cm³/mol. The maximum Gasteiger partial charge on any atom is 0.0258 e. The summed E-state index contributed by atoms with van der Waals surface area (Å²) in [5.41, 5.74) is 0. The van der Waals surface area contributed by atoms with Crippen molar-refractivity contribution >= 4 is 18.0 Å². The predicted octanol–water partition coefficient (Wildman–Crippen LogP) is 1.99. The third-order valence-electron chi connectivity index (χ3n) is 2.53. The SMILES string of the molecule is C#CC1CCCP(=S)(N(C)C)C1. The Kier molecular flexibility index (Phi) is 3.35. The third-order valence-corrected chi connectivity index (χ3v) is 7.99. The van der Waals surface area contributed by atoms with E-state index in [1.165, 1.54) is 19.0 Å². The van der Waals surface area contributed by atoms with Gasteiger partial charge >= 0.3 is 0 Å². The topological polar surface area (TPSA) is 3.24 Å². The van der Waals surface area contributed by atoms with Gasteiger partial charge in [-0.1, -0.05) is 11.8 Å². The molecule has 1 heterocycles. The summed E-state index contributed by atoms with van der Waals surface area (Å²) in [6, 6.07) is 0. The highest BCUT2D eigenvalue weighted by Crippen LogP contribution is 2.53. The monoisotopic (exact) mass is 201 g/mol. The molecule has 12 heavy (non-hydrogen) atoms. The molecule has 1 saturated heterocycles. The molecule has 0 aromatic carbocycles. The molecule has 2 atom stereocenters. The summed E-state index contributed by atoms with van der Waals surface area (Å²) in [4.78, 5) is 0. The van der Waals surface area contributed by atoms with E-state index in [-0.39, 0.29) is 0 Å². The molecule has 0 aromatic heterocycles. The van der Waals surface area contributed by atoms with E-state index in [4.69, 9.17) is 18.2 Å². The minimum absolute atomic E-state index is 0.451. The highest BCUT2D eigenvalue weighted by Gasteiger charge is 2.27. The second-order valence-corrected chi connectivity index (χ2v) is 8.95. The number of hydrogen-bond donors (Lipinski definition) is 0. The zero-order valence-corrected chi connectivity index (χ0v) is 9.50. The molecular formula is C9H16NPS. The Balaban J connectivity index is 2.69. The molecule has 0 amide bonds. The maximum atomic E-state index is 5.66. The van der Waals surface area contributed by atoms with Crippen molar-refractivity contribution in [3.8, 4) is 12.3 Å². The highest BCUT2D eigenvalue weighted by atomic mass is 32.4. The standard InChI is InChI=1S/C9H16NPS/c1-4-9-6-5-7-11(12,8-9)10(2)3/h1,9H,5-8H2,2-3H3. The van der Waals surface area contributed by atoms with E-state index in [9.17, 15) is 0 Å². The Bertz CT molecular complexity index is 241. The fourth-order valence-corrected chi connectivity index (χ4v) is 5.10. The maximum absolute atomic E-state index is 5.66. The summed E-state index contributed by atoms with van der Waals surface area (Å²) in [5.74, 6) is 3.30. The van der Waals surface area contributed by atoms with Gasteiger partial charge in [-0.3, -0.25) is 4.67 Å². The largest absolute Gasteiger partial charge is 0.281 e. The Hall–Kier alpha value is 0.170. The van der Waals surface area contributed by atoms with E-state index >= 15 is 0 Å². The lowest BCUT2D eigenvalue weighted by molar-refractivity contribution is 0.589. The Morgan fingerprint density at radius 1 is 1.58 bits per heavy atom. The van der Waals surface area contributed by atoms with E-state index in [2.05, 4.69) is 24.7 Å². The van der Waals surface area contributed by atoms with Crippen LogP contribution < -0.4 is 0 Å². The van der Waals surface area contributed by atoms with Crippen LogP contribution in [0.15, 0.2) is 0 Å². The van der Waals surface area contributed by atoms with E-state index in [0.29, 0.717) is 5.92 Å². The first-order chi connectivity index (χ1) is 5.58. The molecule has 1 fully saturated rings. The average Bonchev–Trinajstić information content (AvgIpc) is 2.04. The molecule has 0 N–H and O–H groups in total. The number of hydrogen-bond acceptors (Lipinski definition) is 1. The molecule has 0 radical (unpaired) electrons.